The number of rotatable bonds is 5. The number of hydrogen-bond acceptors (Lipinski definition) is 2. The van der Waals surface area contributed by atoms with Crippen molar-refractivity contribution in [1.29, 1.82) is 0 Å². The van der Waals surface area contributed by atoms with Gasteiger partial charge < -0.3 is 11.1 Å². The van der Waals surface area contributed by atoms with Crippen LogP contribution in [0.15, 0.2) is 12.1 Å². The van der Waals surface area contributed by atoms with Crippen molar-refractivity contribution in [3.8, 4) is 0 Å². The van der Waals surface area contributed by atoms with Crippen LogP contribution in [0.4, 0.5) is 8.78 Å². The Morgan fingerprint density at radius 2 is 2.05 bits per heavy atom. The number of amides is 1. The van der Waals surface area contributed by atoms with Crippen molar-refractivity contribution in [1.82, 2.24) is 5.32 Å². The summed E-state index contributed by atoms with van der Waals surface area (Å²) in [6, 6.07) is 1.64. The molecule has 1 aromatic carbocycles. The molecule has 0 aliphatic carbocycles. The number of aryl methyl sites for hydroxylation is 1. The van der Waals surface area contributed by atoms with Crippen LogP contribution < -0.4 is 11.1 Å². The van der Waals surface area contributed by atoms with E-state index in [0.717, 1.165) is 0 Å². The summed E-state index contributed by atoms with van der Waals surface area (Å²) in [5.41, 5.74) is 5.45. The molecule has 1 unspecified atom stereocenters. The first-order valence-electron chi connectivity index (χ1n) is 5.90. The highest BCUT2D eigenvalue weighted by Gasteiger charge is 2.18. The second-order valence-electron chi connectivity index (χ2n) is 4.33. The van der Waals surface area contributed by atoms with Crippen molar-refractivity contribution in [2.45, 2.75) is 32.7 Å². The van der Waals surface area contributed by atoms with E-state index in [0.29, 0.717) is 18.9 Å². The second kappa shape index (κ2) is 6.56. The van der Waals surface area contributed by atoms with E-state index in [-0.39, 0.29) is 22.2 Å². The molecule has 3 nitrogen and oxygen atoms in total. The molecule has 0 aliphatic heterocycles. The largest absolute Gasteiger partial charge is 0.393 e. The number of benzene rings is 1. The van der Waals surface area contributed by atoms with Gasteiger partial charge in [-0.3, -0.25) is 4.79 Å². The first-order chi connectivity index (χ1) is 8.85. The maximum absolute atomic E-state index is 13.5. The normalized spacial score (nSPS) is 12.0. The van der Waals surface area contributed by atoms with Gasteiger partial charge in [0, 0.05) is 18.5 Å². The molecular weight excluding hydrogens is 270 g/mol. The number of carbonyl (C=O) groups excluding carboxylic acids is 1. The van der Waals surface area contributed by atoms with Crippen LogP contribution in [0.25, 0.3) is 0 Å². The van der Waals surface area contributed by atoms with Crippen molar-refractivity contribution in [3.63, 3.8) is 0 Å². The minimum Gasteiger partial charge on any atom is -0.393 e. The number of nitrogens with one attached hydrogen (secondary N) is 1. The van der Waals surface area contributed by atoms with Gasteiger partial charge in [-0.05, 0) is 25.0 Å². The Balaban J connectivity index is 2.88. The predicted octanol–water partition coefficient (Wildman–Crippen LogP) is 2.46. The minimum atomic E-state index is -0.884. The van der Waals surface area contributed by atoms with E-state index in [1.807, 2.05) is 6.92 Å². The summed E-state index contributed by atoms with van der Waals surface area (Å²) in [6.45, 7) is 3.33. The molecule has 0 spiro atoms. The third-order valence-electron chi connectivity index (χ3n) is 2.77. The molecule has 19 heavy (non-hydrogen) atoms. The molecule has 0 saturated heterocycles. The topological polar surface area (TPSA) is 55.1 Å². The van der Waals surface area contributed by atoms with E-state index in [4.69, 9.17) is 18.0 Å². The molecule has 0 aromatic heterocycles. The third kappa shape index (κ3) is 4.24. The lowest BCUT2D eigenvalue weighted by atomic mass is 10.1. The van der Waals surface area contributed by atoms with Crippen LogP contribution in [-0.4, -0.2) is 16.9 Å². The van der Waals surface area contributed by atoms with Crippen LogP contribution >= 0.6 is 12.2 Å². The van der Waals surface area contributed by atoms with E-state index in [1.54, 1.807) is 0 Å². The molecule has 0 saturated carbocycles. The second-order valence-corrected chi connectivity index (χ2v) is 4.85. The molecule has 104 valence electrons. The summed E-state index contributed by atoms with van der Waals surface area (Å²) in [6.07, 6.45) is 0.963. The van der Waals surface area contributed by atoms with Gasteiger partial charge >= 0.3 is 0 Å². The number of halogens is 2. The quantitative estimate of drug-likeness (QED) is 0.818. The summed E-state index contributed by atoms with van der Waals surface area (Å²) >= 11 is 4.77. The van der Waals surface area contributed by atoms with E-state index >= 15 is 0 Å². The molecule has 1 rings (SSSR count). The Kier molecular flexibility index (Phi) is 5.35. The number of hydrogen-bond donors (Lipinski definition) is 2. The maximum Gasteiger partial charge on any atom is 0.254 e. The van der Waals surface area contributed by atoms with E-state index in [9.17, 15) is 13.6 Å². The standard InChI is InChI=1S/C13H16F2N2OS/c1-3-8(5-12(16)19)17-13(18)9-4-7(2)10(14)6-11(9)15/h4,6,8H,3,5H2,1-2H3,(H2,16,19)(H,17,18). The molecule has 6 heteroatoms. The molecule has 1 amide bonds. The highest BCUT2D eigenvalue weighted by molar-refractivity contribution is 7.80. The Bertz CT molecular complexity index is 506. The average molecular weight is 286 g/mol. The van der Waals surface area contributed by atoms with Crippen LogP contribution in [0.1, 0.15) is 35.7 Å². The van der Waals surface area contributed by atoms with Gasteiger partial charge in [0.1, 0.15) is 11.6 Å². The Morgan fingerprint density at radius 3 is 2.58 bits per heavy atom. The van der Waals surface area contributed by atoms with Gasteiger partial charge in [-0.2, -0.15) is 0 Å². The highest BCUT2D eigenvalue weighted by atomic mass is 32.1. The monoisotopic (exact) mass is 286 g/mol. The van der Waals surface area contributed by atoms with Crippen molar-refractivity contribution in [3.05, 3.63) is 34.9 Å². The predicted molar refractivity (Wildman–Crippen MR) is 74.0 cm³/mol. The van der Waals surface area contributed by atoms with Crippen LogP contribution in [0, 0.1) is 18.6 Å². The fourth-order valence-electron chi connectivity index (χ4n) is 1.63. The fraction of sp³-hybridized carbons (Fsp3) is 0.385. The summed E-state index contributed by atoms with van der Waals surface area (Å²) < 4.78 is 26.7. The zero-order chi connectivity index (χ0) is 14.6. The number of carbonyl (C=O) groups is 1. The number of nitrogens with two attached hydrogens (primary N) is 1. The summed E-state index contributed by atoms with van der Waals surface area (Å²) in [7, 11) is 0. The summed E-state index contributed by atoms with van der Waals surface area (Å²) in [5, 5.41) is 2.63. The number of thiocarbonyl (C=S) groups is 1. The minimum absolute atomic E-state index is 0.180. The lowest BCUT2D eigenvalue weighted by Crippen LogP contribution is -2.37. The summed E-state index contributed by atoms with van der Waals surface area (Å²) in [5.74, 6) is -2.15. The Hall–Kier alpha value is -1.56. The maximum atomic E-state index is 13.5. The van der Waals surface area contributed by atoms with Crippen LogP contribution in [0.2, 0.25) is 0 Å². The molecule has 0 fully saturated rings. The Labute approximate surface area is 116 Å². The molecule has 0 radical (unpaired) electrons. The lowest BCUT2D eigenvalue weighted by molar-refractivity contribution is 0.0933. The van der Waals surface area contributed by atoms with Crippen molar-refractivity contribution in [2.24, 2.45) is 5.73 Å². The van der Waals surface area contributed by atoms with E-state index in [2.05, 4.69) is 5.32 Å². The summed E-state index contributed by atoms with van der Waals surface area (Å²) in [4.78, 5) is 12.2. The zero-order valence-corrected chi connectivity index (χ0v) is 11.6. The third-order valence-corrected chi connectivity index (χ3v) is 2.94. The lowest BCUT2D eigenvalue weighted by Gasteiger charge is -2.16. The van der Waals surface area contributed by atoms with Crippen molar-refractivity contribution >= 4 is 23.1 Å². The molecule has 1 atom stereocenters. The average Bonchev–Trinajstić information content (AvgIpc) is 2.32. The smallest absolute Gasteiger partial charge is 0.254 e. The van der Waals surface area contributed by atoms with Crippen molar-refractivity contribution in [2.75, 3.05) is 0 Å². The van der Waals surface area contributed by atoms with E-state index < -0.39 is 17.5 Å². The molecule has 3 N–H and O–H groups in total. The fourth-order valence-corrected chi connectivity index (χ4v) is 1.84. The van der Waals surface area contributed by atoms with Crippen LogP contribution in [0.5, 0.6) is 0 Å². The van der Waals surface area contributed by atoms with Gasteiger partial charge in [0.15, 0.2) is 0 Å². The van der Waals surface area contributed by atoms with Gasteiger partial charge in [0.05, 0.1) is 10.6 Å². The van der Waals surface area contributed by atoms with Crippen LogP contribution in [-0.2, 0) is 0 Å². The SMILES string of the molecule is CCC(CC(N)=S)NC(=O)c1cc(C)c(F)cc1F. The molecule has 1 aromatic rings. The first kappa shape index (κ1) is 15.5. The van der Waals surface area contributed by atoms with Crippen molar-refractivity contribution < 1.29 is 13.6 Å². The Morgan fingerprint density at radius 1 is 1.42 bits per heavy atom. The van der Waals surface area contributed by atoms with Gasteiger partial charge in [0.25, 0.3) is 5.91 Å². The van der Waals surface area contributed by atoms with Crippen LogP contribution in [0.3, 0.4) is 0 Å². The van der Waals surface area contributed by atoms with Gasteiger partial charge in [0.2, 0.25) is 0 Å². The molecular formula is C13H16F2N2OS. The molecule has 0 bridgehead atoms. The first-order valence-corrected chi connectivity index (χ1v) is 6.30. The highest BCUT2D eigenvalue weighted by Crippen LogP contribution is 2.14. The van der Waals surface area contributed by atoms with Gasteiger partial charge in [-0.25, -0.2) is 8.78 Å². The molecule has 0 heterocycles. The van der Waals surface area contributed by atoms with Gasteiger partial charge in [-0.1, -0.05) is 19.1 Å². The van der Waals surface area contributed by atoms with Gasteiger partial charge in [-0.15, -0.1) is 0 Å². The molecule has 0 aliphatic rings. The zero-order valence-electron chi connectivity index (χ0n) is 10.8. The van der Waals surface area contributed by atoms with E-state index in [1.165, 1.54) is 13.0 Å².